The van der Waals surface area contributed by atoms with E-state index in [-0.39, 0.29) is 0 Å². The fourth-order valence-corrected chi connectivity index (χ4v) is 3.67. The molecule has 0 heterocycles. The molecule has 1 aliphatic rings. The molecule has 3 heteroatoms. The molecule has 2 nitrogen and oxygen atoms in total. The van der Waals surface area contributed by atoms with Crippen molar-refractivity contribution in [2.75, 3.05) is 20.6 Å². The summed E-state index contributed by atoms with van der Waals surface area (Å²) in [6.45, 7) is 4.15. The molecule has 0 amide bonds. The van der Waals surface area contributed by atoms with Crippen molar-refractivity contribution < 1.29 is 0 Å². The van der Waals surface area contributed by atoms with Crippen LogP contribution in [0.3, 0.4) is 0 Å². The predicted octanol–water partition coefficient (Wildman–Crippen LogP) is 3.72. The molecule has 1 fully saturated rings. The van der Waals surface area contributed by atoms with Gasteiger partial charge in [0.25, 0.3) is 0 Å². The van der Waals surface area contributed by atoms with E-state index < -0.39 is 0 Å². The lowest BCUT2D eigenvalue weighted by Gasteiger charge is -2.36. The van der Waals surface area contributed by atoms with Crippen LogP contribution in [-0.4, -0.2) is 31.1 Å². The third-order valence-electron chi connectivity index (χ3n) is 4.46. The van der Waals surface area contributed by atoms with Crippen LogP contribution in [0.25, 0.3) is 0 Å². The Morgan fingerprint density at radius 3 is 2.53 bits per heavy atom. The minimum atomic E-state index is 0.372. The molecule has 0 unspecified atom stereocenters. The van der Waals surface area contributed by atoms with E-state index in [0.29, 0.717) is 5.54 Å². The van der Waals surface area contributed by atoms with Crippen molar-refractivity contribution in [3.63, 3.8) is 0 Å². The van der Waals surface area contributed by atoms with Gasteiger partial charge >= 0.3 is 0 Å². The molecule has 0 spiro atoms. The van der Waals surface area contributed by atoms with E-state index in [4.69, 9.17) is 0 Å². The van der Waals surface area contributed by atoms with Crippen LogP contribution in [0.15, 0.2) is 22.7 Å². The summed E-state index contributed by atoms with van der Waals surface area (Å²) >= 11 is 3.65. The first-order chi connectivity index (χ1) is 9.03. The minimum absolute atomic E-state index is 0.372. The first kappa shape index (κ1) is 15.0. The Balaban J connectivity index is 1.92. The molecule has 2 rings (SSSR count). The van der Waals surface area contributed by atoms with Crippen LogP contribution < -0.4 is 5.32 Å². The largest absolute Gasteiger partial charge is 0.311 e. The van der Waals surface area contributed by atoms with Crippen molar-refractivity contribution in [2.45, 2.75) is 44.7 Å². The molecule has 0 saturated heterocycles. The number of nitrogens with one attached hydrogen (secondary N) is 1. The average Bonchev–Trinajstić information content (AvgIpc) is 2.82. The number of likely N-dealkylation sites (N-methyl/N-ethyl adjacent to an activating group) is 1. The van der Waals surface area contributed by atoms with Crippen molar-refractivity contribution in [2.24, 2.45) is 0 Å². The van der Waals surface area contributed by atoms with E-state index >= 15 is 0 Å². The summed E-state index contributed by atoms with van der Waals surface area (Å²) in [5, 5.41) is 3.65. The molecule has 0 radical (unpaired) electrons. The van der Waals surface area contributed by atoms with Gasteiger partial charge in [0, 0.05) is 23.1 Å². The molecule has 19 heavy (non-hydrogen) atoms. The molecule has 1 N–H and O–H groups in total. The topological polar surface area (TPSA) is 15.3 Å². The van der Waals surface area contributed by atoms with E-state index in [1.165, 1.54) is 41.3 Å². The molecular weight excluding hydrogens is 300 g/mol. The van der Waals surface area contributed by atoms with Gasteiger partial charge in [-0.2, -0.15) is 0 Å². The average molecular weight is 325 g/mol. The number of halogens is 1. The fraction of sp³-hybridized carbons (Fsp3) is 0.625. The lowest BCUT2D eigenvalue weighted by Crippen LogP contribution is -2.49. The van der Waals surface area contributed by atoms with Gasteiger partial charge in [0.05, 0.1) is 0 Å². The van der Waals surface area contributed by atoms with Crippen LogP contribution in [0, 0.1) is 6.92 Å². The van der Waals surface area contributed by atoms with Gasteiger partial charge in [-0.25, -0.2) is 0 Å². The van der Waals surface area contributed by atoms with Gasteiger partial charge in [0.1, 0.15) is 0 Å². The Kier molecular flexibility index (Phi) is 5.04. The van der Waals surface area contributed by atoms with Crippen molar-refractivity contribution >= 4 is 15.9 Å². The van der Waals surface area contributed by atoms with E-state index in [1.54, 1.807) is 0 Å². The summed E-state index contributed by atoms with van der Waals surface area (Å²) in [6.07, 6.45) is 5.38. The standard InChI is InChI=1S/C16H25BrN2/c1-13-6-7-14(15(17)10-13)11-18-12-16(19(2)3)8-4-5-9-16/h6-7,10,18H,4-5,8-9,11-12H2,1-3H3. The van der Waals surface area contributed by atoms with Crippen LogP contribution in [0.4, 0.5) is 0 Å². The Labute approximate surface area is 125 Å². The Bertz CT molecular complexity index is 423. The fourth-order valence-electron chi connectivity index (χ4n) is 3.04. The quantitative estimate of drug-likeness (QED) is 0.888. The van der Waals surface area contributed by atoms with Crippen molar-refractivity contribution in [3.05, 3.63) is 33.8 Å². The van der Waals surface area contributed by atoms with E-state index in [1.807, 2.05) is 0 Å². The number of hydrogen-bond acceptors (Lipinski definition) is 2. The Morgan fingerprint density at radius 1 is 1.26 bits per heavy atom. The van der Waals surface area contributed by atoms with Gasteiger partial charge in [-0.1, -0.05) is 40.9 Å². The molecule has 0 bridgehead atoms. The van der Waals surface area contributed by atoms with Gasteiger partial charge in [-0.3, -0.25) is 0 Å². The van der Waals surface area contributed by atoms with Gasteiger partial charge in [-0.05, 0) is 51.1 Å². The highest BCUT2D eigenvalue weighted by Crippen LogP contribution is 2.33. The summed E-state index contributed by atoms with van der Waals surface area (Å²) < 4.78 is 1.21. The summed E-state index contributed by atoms with van der Waals surface area (Å²) in [5.41, 5.74) is 3.02. The van der Waals surface area contributed by atoms with E-state index in [9.17, 15) is 0 Å². The first-order valence-corrected chi connectivity index (χ1v) is 7.96. The van der Waals surface area contributed by atoms with E-state index in [0.717, 1.165) is 13.1 Å². The second kappa shape index (κ2) is 6.38. The molecule has 0 atom stereocenters. The molecule has 0 aromatic heterocycles. The third-order valence-corrected chi connectivity index (χ3v) is 5.20. The smallest absolute Gasteiger partial charge is 0.0328 e. The highest BCUT2D eigenvalue weighted by atomic mass is 79.9. The minimum Gasteiger partial charge on any atom is -0.311 e. The number of hydrogen-bond donors (Lipinski definition) is 1. The van der Waals surface area contributed by atoms with Crippen LogP contribution in [0.5, 0.6) is 0 Å². The monoisotopic (exact) mass is 324 g/mol. The SMILES string of the molecule is Cc1ccc(CNCC2(N(C)C)CCCC2)c(Br)c1. The van der Waals surface area contributed by atoms with Gasteiger partial charge < -0.3 is 10.2 Å². The van der Waals surface area contributed by atoms with Crippen LogP contribution >= 0.6 is 15.9 Å². The molecule has 1 saturated carbocycles. The normalized spacial score (nSPS) is 18.2. The van der Waals surface area contributed by atoms with Gasteiger partial charge in [0.15, 0.2) is 0 Å². The molecule has 1 aromatic carbocycles. The Hall–Kier alpha value is -0.380. The van der Waals surface area contributed by atoms with Crippen LogP contribution in [0.2, 0.25) is 0 Å². The number of benzene rings is 1. The maximum absolute atomic E-state index is 3.65. The van der Waals surface area contributed by atoms with E-state index in [2.05, 4.69) is 65.4 Å². The molecule has 0 aliphatic heterocycles. The van der Waals surface area contributed by atoms with Crippen molar-refractivity contribution in [1.29, 1.82) is 0 Å². The second-order valence-electron chi connectivity index (χ2n) is 6.02. The van der Waals surface area contributed by atoms with Gasteiger partial charge in [-0.15, -0.1) is 0 Å². The highest BCUT2D eigenvalue weighted by Gasteiger charge is 2.35. The Morgan fingerprint density at radius 2 is 1.95 bits per heavy atom. The van der Waals surface area contributed by atoms with Crippen molar-refractivity contribution in [3.8, 4) is 0 Å². The summed E-state index contributed by atoms with van der Waals surface area (Å²) in [7, 11) is 4.43. The molecule has 1 aromatic rings. The summed E-state index contributed by atoms with van der Waals surface area (Å²) in [4.78, 5) is 2.41. The summed E-state index contributed by atoms with van der Waals surface area (Å²) in [6, 6.07) is 6.58. The lowest BCUT2D eigenvalue weighted by molar-refractivity contribution is 0.153. The predicted molar refractivity (Wildman–Crippen MR) is 85.5 cm³/mol. The molecule has 1 aliphatic carbocycles. The lowest BCUT2D eigenvalue weighted by atomic mass is 9.96. The maximum Gasteiger partial charge on any atom is 0.0328 e. The number of rotatable bonds is 5. The summed E-state index contributed by atoms with van der Waals surface area (Å²) in [5.74, 6) is 0. The maximum atomic E-state index is 3.65. The zero-order valence-corrected chi connectivity index (χ0v) is 13.9. The zero-order valence-electron chi connectivity index (χ0n) is 12.3. The highest BCUT2D eigenvalue weighted by molar-refractivity contribution is 9.10. The van der Waals surface area contributed by atoms with Crippen LogP contribution in [0.1, 0.15) is 36.8 Å². The number of aryl methyl sites for hydroxylation is 1. The zero-order chi connectivity index (χ0) is 13.9. The second-order valence-corrected chi connectivity index (χ2v) is 6.88. The number of nitrogens with zero attached hydrogens (tertiary/aromatic N) is 1. The van der Waals surface area contributed by atoms with Crippen molar-refractivity contribution in [1.82, 2.24) is 10.2 Å². The van der Waals surface area contributed by atoms with Crippen LogP contribution in [-0.2, 0) is 6.54 Å². The first-order valence-electron chi connectivity index (χ1n) is 7.17. The molecular formula is C16H25BrN2. The van der Waals surface area contributed by atoms with Gasteiger partial charge in [0.2, 0.25) is 0 Å². The third kappa shape index (κ3) is 3.59. The molecule has 106 valence electrons.